The second-order valence-electron chi connectivity index (χ2n) is 7.86. The number of nitrogens with one attached hydrogen (secondary N) is 1. The van der Waals surface area contributed by atoms with Gasteiger partial charge in [-0.25, -0.2) is 4.98 Å². The molecule has 158 valence electrons. The molecule has 3 N–H and O–H groups in total. The first-order valence-electron chi connectivity index (χ1n) is 10.2. The molecular weight excluding hydrogens is 402 g/mol. The van der Waals surface area contributed by atoms with E-state index in [2.05, 4.69) is 57.2 Å². The molecule has 4 heterocycles. The van der Waals surface area contributed by atoms with Crippen LogP contribution in [0.4, 0.5) is 0 Å². The number of carbonyl (C=O) groups excluding carboxylic acids is 1. The Morgan fingerprint density at radius 3 is 2.50 bits per heavy atom. The Morgan fingerprint density at radius 2 is 1.75 bits per heavy atom. The number of hydrogen-bond acceptors (Lipinski definition) is 5. The van der Waals surface area contributed by atoms with Gasteiger partial charge in [-0.3, -0.25) is 9.78 Å². The van der Waals surface area contributed by atoms with Gasteiger partial charge in [0, 0.05) is 46.7 Å². The number of aromatic amines is 1. The van der Waals surface area contributed by atoms with Crippen LogP contribution in [0.5, 0.6) is 0 Å². The monoisotopic (exact) mass is 423 g/mol. The molecule has 0 aliphatic carbocycles. The van der Waals surface area contributed by atoms with E-state index in [4.69, 9.17) is 5.73 Å². The average molecular weight is 423 g/mol. The highest BCUT2D eigenvalue weighted by Gasteiger charge is 2.13. The van der Waals surface area contributed by atoms with Crippen molar-refractivity contribution in [3.8, 4) is 33.6 Å². The van der Waals surface area contributed by atoms with Gasteiger partial charge in [-0.2, -0.15) is 0 Å². The zero-order valence-corrected chi connectivity index (χ0v) is 17.6. The fraction of sp³-hybridized carbons (Fsp3) is 0.125. The van der Waals surface area contributed by atoms with Crippen LogP contribution >= 0.6 is 0 Å². The van der Waals surface area contributed by atoms with E-state index in [1.165, 1.54) is 0 Å². The third kappa shape index (κ3) is 3.41. The van der Waals surface area contributed by atoms with Crippen LogP contribution in [-0.4, -0.2) is 35.6 Å². The Labute approximate surface area is 184 Å². The van der Waals surface area contributed by atoms with Crippen LogP contribution in [0.1, 0.15) is 30.4 Å². The number of fused-ring (bicyclic) bond motifs is 1. The van der Waals surface area contributed by atoms with Crippen molar-refractivity contribution in [2.75, 3.05) is 0 Å². The zero-order valence-electron chi connectivity index (χ0n) is 17.6. The molecule has 5 aromatic rings. The lowest BCUT2D eigenvalue weighted by atomic mass is 10.00. The summed E-state index contributed by atoms with van der Waals surface area (Å²) in [6.45, 7) is 4.21. The third-order valence-corrected chi connectivity index (χ3v) is 5.45. The quantitative estimate of drug-likeness (QED) is 0.439. The number of aromatic nitrogens is 6. The van der Waals surface area contributed by atoms with Crippen LogP contribution in [0.2, 0.25) is 0 Å². The van der Waals surface area contributed by atoms with Crippen molar-refractivity contribution in [1.29, 1.82) is 0 Å². The van der Waals surface area contributed by atoms with E-state index in [9.17, 15) is 4.79 Å². The topological polar surface area (TPSA) is 115 Å². The smallest absolute Gasteiger partial charge is 0.265 e. The van der Waals surface area contributed by atoms with E-state index in [0.717, 1.165) is 39.0 Å². The average Bonchev–Trinajstić information content (AvgIpc) is 3.47. The summed E-state index contributed by atoms with van der Waals surface area (Å²) in [4.78, 5) is 23.3. The van der Waals surface area contributed by atoms with E-state index in [-0.39, 0.29) is 6.04 Å². The second kappa shape index (κ2) is 7.73. The van der Waals surface area contributed by atoms with Crippen molar-refractivity contribution in [2.45, 2.75) is 19.9 Å². The maximum Gasteiger partial charge on any atom is 0.265 e. The molecule has 0 atom stereocenters. The first kappa shape index (κ1) is 19.6. The minimum Gasteiger partial charge on any atom is -0.364 e. The summed E-state index contributed by atoms with van der Waals surface area (Å²) in [5.74, 6) is 0.324. The van der Waals surface area contributed by atoms with Crippen molar-refractivity contribution < 1.29 is 4.79 Å². The first-order valence-corrected chi connectivity index (χ1v) is 10.2. The largest absolute Gasteiger partial charge is 0.364 e. The molecule has 4 aromatic heterocycles. The second-order valence-corrected chi connectivity index (χ2v) is 7.86. The summed E-state index contributed by atoms with van der Waals surface area (Å²) in [5.41, 5.74) is 11.2. The standard InChI is InChI=1S/C24H21N7O/c1-14(2)31-13-28-30-24(31)16-5-3-15(4-6-16)17-9-18(12-26-11-17)19-7-8-27-23-20(19)10-21(29-23)22(25)32/h3-14H,1-2H3,(H2,25,32)(H,27,29). The normalized spacial score (nSPS) is 11.3. The van der Waals surface area contributed by atoms with Crippen LogP contribution in [0.3, 0.4) is 0 Å². The highest BCUT2D eigenvalue weighted by Crippen LogP contribution is 2.31. The third-order valence-electron chi connectivity index (χ3n) is 5.45. The molecule has 0 unspecified atom stereocenters. The zero-order chi connectivity index (χ0) is 22.2. The van der Waals surface area contributed by atoms with Gasteiger partial charge in [-0.15, -0.1) is 10.2 Å². The highest BCUT2D eigenvalue weighted by atomic mass is 16.1. The summed E-state index contributed by atoms with van der Waals surface area (Å²) in [6.07, 6.45) is 7.08. The maximum atomic E-state index is 11.6. The Balaban J connectivity index is 1.52. The predicted octanol–water partition coefficient (Wildman–Crippen LogP) is 4.23. The van der Waals surface area contributed by atoms with Gasteiger partial charge in [-0.05, 0) is 43.2 Å². The van der Waals surface area contributed by atoms with Crippen molar-refractivity contribution >= 4 is 16.9 Å². The number of carbonyl (C=O) groups is 1. The van der Waals surface area contributed by atoms with E-state index in [1.807, 2.05) is 29.0 Å². The molecular formula is C24H21N7O. The minimum absolute atomic E-state index is 0.279. The molecule has 0 radical (unpaired) electrons. The van der Waals surface area contributed by atoms with Gasteiger partial charge in [0.2, 0.25) is 0 Å². The lowest BCUT2D eigenvalue weighted by molar-refractivity contribution is 0.0996. The molecule has 5 rings (SSSR count). The number of benzene rings is 1. The van der Waals surface area contributed by atoms with E-state index < -0.39 is 5.91 Å². The number of amides is 1. The van der Waals surface area contributed by atoms with Crippen molar-refractivity contribution in [1.82, 2.24) is 29.7 Å². The number of rotatable bonds is 5. The fourth-order valence-electron chi connectivity index (χ4n) is 3.80. The first-order chi connectivity index (χ1) is 15.5. The maximum absolute atomic E-state index is 11.6. The lowest BCUT2D eigenvalue weighted by Gasteiger charge is -2.11. The molecule has 0 bridgehead atoms. The van der Waals surface area contributed by atoms with Gasteiger partial charge in [-0.1, -0.05) is 24.3 Å². The molecule has 0 spiro atoms. The molecule has 0 fully saturated rings. The summed E-state index contributed by atoms with van der Waals surface area (Å²) < 4.78 is 2.04. The van der Waals surface area contributed by atoms with E-state index >= 15 is 0 Å². The molecule has 1 amide bonds. The Morgan fingerprint density at radius 1 is 1.00 bits per heavy atom. The van der Waals surface area contributed by atoms with Gasteiger partial charge in [0.15, 0.2) is 5.82 Å². The number of hydrogen-bond donors (Lipinski definition) is 2. The molecule has 32 heavy (non-hydrogen) atoms. The van der Waals surface area contributed by atoms with Gasteiger partial charge in [0.05, 0.1) is 0 Å². The molecule has 0 aliphatic heterocycles. The number of nitrogens with zero attached hydrogens (tertiary/aromatic N) is 5. The van der Waals surface area contributed by atoms with E-state index in [0.29, 0.717) is 11.3 Å². The van der Waals surface area contributed by atoms with Crippen LogP contribution in [0, 0.1) is 0 Å². The van der Waals surface area contributed by atoms with Crippen molar-refractivity contribution in [3.63, 3.8) is 0 Å². The number of pyridine rings is 2. The highest BCUT2D eigenvalue weighted by molar-refractivity contribution is 6.01. The molecule has 0 saturated heterocycles. The van der Waals surface area contributed by atoms with Crippen LogP contribution in [-0.2, 0) is 0 Å². The molecule has 8 heteroatoms. The minimum atomic E-state index is -0.519. The SMILES string of the molecule is CC(C)n1cnnc1-c1ccc(-c2cncc(-c3ccnc4[nH]c(C(N)=O)cc34)c2)cc1. The predicted molar refractivity (Wildman–Crippen MR) is 123 cm³/mol. The van der Waals surface area contributed by atoms with Crippen molar-refractivity contribution in [3.05, 3.63) is 73.1 Å². The number of H-pyrrole nitrogens is 1. The summed E-state index contributed by atoms with van der Waals surface area (Å²) in [7, 11) is 0. The number of primary amides is 1. The molecule has 8 nitrogen and oxygen atoms in total. The van der Waals surface area contributed by atoms with Gasteiger partial charge in [0.1, 0.15) is 17.7 Å². The Hall–Kier alpha value is -4.33. The number of nitrogens with two attached hydrogens (primary N) is 1. The molecule has 0 saturated carbocycles. The lowest BCUT2D eigenvalue weighted by Crippen LogP contribution is -2.10. The summed E-state index contributed by atoms with van der Waals surface area (Å²) >= 11 is 0. The van der Waals surface area contributed by atoms with Crippen LogP contribution in [0.15, 0.2) is 67.4 Å². The van der Waals surface area contributed by atoms with Crippen LogP contribution in [0.25, 0.3) is 44.7 Å². The fourth-order valence-corrected chi connectivity index (χ4v) is 3.80. The van der Waals surface area contributed by atoms with Gasteiger partial charge in [0.25, 0.3) is 5.91 Å². The summed E-state index contributed by atoms with van der Waals surface area (Å²) in [5, 5.41) is 9.14. The Kier molecular flexibility index (Phi) is 4.74. The van der Waals surface area contributed by atoms with Gasteiger partial charge < -0.3 is 15.3 Å². The summed E-state index contributed by atoms with van der Waals surface area (Å²) in [6, 6.07) is 14.2. The molecule has 1 aromatic carbocycles. The van der Waals surface area contributed by atoms with Crippen molar-refractivity contribution in [2.24, 2.45) is 5.73 Å². The van der Waals surface area contributed by atoms with E-state index in [1.54, 1.807) is 24.8 Å². The van der Waals surface area contributed by atoms with Crippen LogP contribution < -0.4 is 5.73 Å². The Bertz CT molecular complexity index is 1430. The van der Waals surface area contributed by atoms with Gasteiger partial charge >= 0.3 is 0 Å². The molecule has 0 aliphatic rings.